The number of amides is 3. The van der Waals surface area contributed by atoms with E-state index in [1.54, 1.807) is 12.1 Å². The summed E-state index contributed by atoms with van der Waals surface area (Å²) in [6.45, 7) is -0.459. The Morgan fingerprint density at radius 1 is 1.30 bits per heavy atom. The van der Waals surface area contributed by atoms with Crippen molar-refractivity contribution in [1.29, 1.82) is 0 Å². The number of imide groups is 1. The summed E-state index contributed by atoms with van der Waals surface area (Å²) in [5.41, 5.74) is 6.71. The molecule has 3 amide bonds. The highest BCUT2D eigenvalue weighted by Gasteiger charge is 2.40. The van der Waals surface area contributed by atoms with Gasteiger partial charge in [0.2, 0.25) is 11.8 Å². The van der Waals surface area contributed by atoms with E-state index in [2.05, 4.69) is 10.6 Å². The highest BCUT2D eigenvalue weighted by atomic mass is 19.4. The molecule has 0 aliphatic carbocycles. The summed E-state index contributed by atoms with van der Waals surface area (Å²) in [6, 6.07) is 2.27. The Morgan fingerprint density at radius 2 is 2.04 bits per heavy atom. The molecule has 2 heterocycles. The Bertz CT molecular complexity index is 781. The molecule has 1 aromatic rings. The average Bonchev–Trinajstić information content (AvgIpc) is 2.91. The molecule has 10 heteroatoms. The first-order chi connectivity index (χ1) is 12.7. The van der Waals surface area contributed by atoms with Gasteiger partial charge < -0.3 is 16.0 Å². The number of hydrogen-bond donors (Lipinski definition) is 3. The molecule has 2 aliphatic rings. The van der Waals surface area contributed by atoms with Gasteiger partial charge in [-0.1, -0.05) is 12.1 Å². The van der Waals surface area contributed by atoms with Gasteiger partial charge >= 0.3 is 6.18 Å². The van der Waals surface area contributed by atoms with E-state index >= 15 is 0 Å². The Labute approximate surface area is 153 Å². The third-order valence-electron chi connectivity index (χ3n) is 4.78. The van der Waals surface area contributed by atoms with E-state index in [-0.39, 0.29) is 37.7 Å². The van der Waals surface area contributed by atoms with Gasteiger partial charge in [0.05, 0.1) is 0 Å². The van der Waals surface area contributed by atoms with Gasteiger partial charge in [-0.25, -0.2) is 0 Å². The largest absolute Gasteiger partial charge is 0.405 e. The monoisotopic (exact) mass is 384 g/mol. The van der Waals surface area contributed by atoms with Gasteiger partial charge in [-0.15, -0.1) is 0 Å². The molecule has 1 aromatic carbocycles. The minimum absolute atomic E-state index is 0.0969. The minimum atomic E-state index is -4.45. The van der Waals surface area contributed by atoms with Gasteiger partial charge in [-0.3, -0.25) is 19.7 Å². The van der Waals surface area contributed by atoms with Crippen LogP contribution in [-0.2, 0) is 22.7 Å². The van der Waals surface area contributed by atoms with Gasteiger partial charge in [-0.2, -0.15) is 13.2 Å². The molecular formula is C17H19F3N4O3. The lowest BCUT2D eigenvalue weighted by atomic mass is 10.0. The van der Waals surface area contributed by atoms with E-state index in [0.717, 1.165) is 0 Å². The van der Waals surface area contributed by atoms with Gasteiger partial charge in [0.25, 0.3) is 5.91 Å². The van der Waals surface area contributed by atoms with E-state index in [1.807, 2.05) is 0 Å². The number of rotatable bonds is 5. The molecule has 146 valence electrons. The maximum atomic E-state index is 12.8. The summed E-state index contributed by atoms with van der Waals surface area (Å²) >= 11 is 0. The molecule has 0 aromatic heterocycles. The van der Waals surface area contributed by atoms with Crippen molar-refractivity contribution in [2.75, 3.05) is 6.54 Å². The molecule has 0 saturated carbocycles. The van der Waals surface area contributed by atoms with Crippen molar-refractivity contribution in [2.24, 2.45) is 5.73 Å². The third kappa shape index (κ3) is 3.96. The fraction of sp³-hybridized carbons (Fsp3) is 0.471. The number of carbonyl (C=O) groups excluding carboxylic acids is 3. The summed E-state index contributed by atoms with van der Waals surface area (Å²) < 4.78 is 38.3. The Kier molecular flexibility index (Phi) is 5.20. The van der Waals surface area contributed by atoms with E-state index < -0.39 is 30.7 Å². The lowest BCUT2D eigenvalue weighted by Gasteiger charge is -2.29. The van der Waals surface area contributed by atoms with Crippen LogP contribution in [0.15, 0.2) is 18.2 Å². The van der Waals surface area contributed by atoms with Gasteiger partial charge in [0, 0.05) is 31.6 Å². The van der Waals surface area contributed by atoms with Gasteiger partial charge in [0.15, 0.2) is 0 Å². The van der Waals surface area contributed by atoms with Crippen molar-refractivity contribution < 1.29 is 27.6 Å². The van der Waals surface area contributed by atoms with Crippen molar-refractivity contribution in [3.05, 3.63) is 34.9 Å². The van der Waals surface area contributed by atoms with Crippen molar-refractivity contribution in [3.63, 3.8) is 0 Å². The van der Waals surface area contributed by atoms with E-state index in [0.29, 0.717) is 16.7 Å². The molecule has 3 rings (SSSR count). The number of hydrogen-bond acceptors (Lipinski definition) is 5. The predicted octanol–water partition coefficient (Wildman–Crippen LogP) is 0.427. The lowest BCUT2D eigenvalue weighted by Crippen LogP contribution is -2.52. The van der Waals surface area contributed by atoms with Crippen LogP contribution < -0.4 is 16.4 Å². The Balaban J connectivity index is 1.71. The number of fused-ring (bicyclic) bond motifs is 1. The Morgan fingerprint density at radius 3 is 2.67 bits per heavy atom. The highest BCUT2D eigenvalue weighted by molar-refractivity contribution is 6.05. The smallest absolute Gasteiger partial charge is 0.329 e. The molecule has 1 fully saturated rings. The summed E-state index contributed by atoms with van der Waals surface area (Å²) in [5, 5.41) is 4.56. The topological polar surface area (TPSA) is 105 Å². The van der Waals surface area contributed by atoms with Crippen LogP contribution >= 0.6 is 0 Å². The number of nitrogens with one attached hydrogen (secondary N) is 2. The molecule has 0 spiro atoms. The summed E-state index contributed by atoms with van der Waals surface area (Å²) in [6.07, 6.45) is -4.05. The van der Waals surface area contributed by atoms with Crippen LogP contribution in [0.5, 0.6) is 0 Å². The number of piperidine rings is 1. The third-order valence-corrected chi connectivity index (χ3v) is 4.78. The standard InChI is InChI=1S/C17H19F3N4O3/c18-17(19,20)13(6-21)22-7-9-1-2-10-8-24(16(27)11(10)5-9)12-3-4-14(25)23-15(12)26/h1-2,5,12-13,22H,3-4,6-8,21H2,(H,23,25,26). The SMILES string of the molecule is NCC(NCc1ccc2c(c1)C(=O)N(C1CCC(=O)NC1=O)C2)C(F)(F)F. The second kappa shape index (κ2) is 7.28. The maximum Gasteiger partial charge on any atom is 0.405 e. The van der Waals surface area contributed by atoms with Crippen LogP contribution in [0, 0.1) is 0 Å². The predicted molar refractivity (Wildman–Crippen MR) is 88.2 cm³/mol. The first kappa shape index (κ1) is 19.3. The fourth-order valence-electron chi connectivity index (χ4n) is 3.29. The van der Waals surface area contributed by atoms with Crippen LogP contribution in [0.25, 0.3) is 0 Å². The first-order valence-corrected chi connectivity index (χ1v) is 8.47. The fourth-order valence-corrected chi connectivity index (χ4v) is 3.29. The second-order valence-electron chi connectivity index (χ2n) is 6.60. The normalized spacial score (nSPS) is 21.3. The Hall–Kier alpha value is -2.46. The molecule has 2 atom stereocenters. The van der Waals surface area contributed by atoms with Crippen molar-refractivity contribution >= 4 is 17.7 Å². The molecule has 1 saturated heterocycles. The zero-order valence-electron chi connectivity index (χ0n) is 14.3. The number of halogens is 3. The zero-order chi connectivity index (χ0) is 19.8. The quantitative estimate of drug-likeness (QED) is 0.639. The lowest BCUT2D eigenvalue weighted by molar-refractivity contribution is -0.153. The number of nitrogens with zero attached hydrogens (tertiary/aromatic N) is 1. The average molecular weight is 384 g/mol. The summed E-state index contributed by atoms with van der Waals surface area (Å²) in [7, 11) is 0. The van der Waals surface area contributed by atoms with Crippen LogP contribution in [0.4, 0.5) is 13.2 Å². The number of carbonyl (C=O) groups is 3. The molecular weight excluding hydrogens is 365 g/mol. The number of alkyl halides is 3. The van der Waals surface area contributed by atoms with E-state index in [1.165, 1.54) is 11.0 Å². The van der Waals surface area contributed by atoms with Crippen LogP contribution in [0.1, 0.15) is 34.3 Å². The van der Waals surface area contributed by atoms with Crippen LogP contribution in [-0.4, -0.2) is 47.4 Å². The molecule has 27 heavy (non-hydrogen) atoms. The summed E-state index contributed by atoms with van der Waals surface area (Å²) in [4.78, 5) is 37.3. The van der Waals surface area contributed by atoms with Crippen molar-refractivity contribution in [2.45, 2.75) is 44.2 Å². The highest BCUT2D eigenvalue weighted by Crippen LogP contribution is 2.28. The van der Waals surface area contributed by atoms with Crippen molar-refractivity contribution in [1.82, 2.24) is 15.5 Å². The molecule has 0 bridgehead atoms. The van der Waals surface area contributed by atoms with E-state index in [9.17, 15) is 27.6 Å². The molecule has 0 radical (unpaired) electrons. The second-order valence-corrected chi connectivity index (χ2v) is 6.60. The molecule has 7 nitrogen and oxygen atoms in total. The van der Waals surface area contributed by atoms with Gasteiger partial charge in [-0.05, 0) is 23.6 Å². The number of nitrogens with two attached hydrogens (primary N) is 1. The zero-order valence-corrected chi connectivity index (χ0v) is 14.3. The summed E-state index contributed by atoms with van der Waals surface area (Å²) in [5.74, 6) is -1.24. The number of benzene rings is 1. The first-order valence-electron chi connectivity index (χ1n) is 8.47. The molecule has 2 unspecified atom stereocenters. The van der Waals surface area contributed by atoms with Crippen LogP contribution in [0.2, 0.25) is 0 Å². The van der Waals surface area contributed by atoms with Gasteiger partial charge in [0.1, 0.15) is 12.1 Å². The molecule has 2 aliphatic heterocycles. The molecule has 4 N–H and O–H groups in total. The van der Waals surface area contributed by atoms with Crippen LogP contribution in [0.3, 0.4) is 0 Å². The minimum Gasteiger partial charge on any atom is -0.329 e. The van der Waals surface area contributed by atoms with Crippen molar-refractivity contribution in [3.8, 4) is 0 Å². The van der Waals surface area contributed by atoms with E-state index in [4.69, 9.17) is 5.73 Å². The maximum absolute atomic E-state index is 12.8.